The molecular formula is C37H45F6N7O8. The van der Waals surface area contributed by atoms with Crippen molar-refractivity contribution < 1.29 is 65.6 Å². The van der Waals surface area contributed by atoms with Crippen molar-refractivity contribution in [2.24, 2.45) is 17.6 Å². The summed E-state index contributed by atoms with van der Waals surface area (Å²) in [5, 5.41) is 38.1. The highest BCUT2D eigenvalue weighted by atomic mass is 19.4. The minimum absolute atomic E-state index is 0.0206. The number of carboxylic acids is 1. The molecule has 6 N–H and O–H groups in total. The van der Waals surface area contributed by atoms with Crippen molar-refractivity contribution in [2.75, 3.05) is 45.8 Å². The molecule has 3 aromatic rings. The van der Waals surface area contributed by atoms with Crippen LogP contribution in [0.3, 0.4) is 0 Å². The molecule has 2 aliphatic rings. The lowest BCUT2D eigenvalue weighted by Gasteiger charge is -2.37. The standard InChI is InChI=1S/C35H44F3N7O6.C2HF3O2/c1-21(2)26-15-27(29(47)16-28(26)46)31-41-42-32(33(49)40-20-35(36,37)38)45(31)25-5-3-22(4-6-25)18-43-11-7-23(8-12-43)19-44-13-9-24(10-14-44)34(50)51-30(48)17-39;3-2(4,5)1(6)7/h3-6,15-16,21,23-24,46-47H,7-14,17-20,39H2,1-2H3,(H,40,49);(H,6,7). The molecule has 21 heteroatoms. The van der Waals surface area contributed by atoms with Gasteiger partial charge in [-0.2, -0.15) is 26.3 Å². The van der Waals surface area contributed by atoms with Crippen LogP contribution in [-0.2, 0) is 25.7 Å². The van der Waals surface area contributed by atoms with E-state index in [1.165, 1.54) is 10.6 Å². The zero-order valence-electron chi connectivity index (χ0n) is 31.6. The Labute approximate surface area is 328 Å². The second-order valence-corrected chi connectivity index (χ2v) is 14.3. The molecule has 2 fully saturated rings. The van der Waals surface area contributed by atoms with Gasteiger partial charge in [-0.05, 0) is 93.0 Å². The van der Waals surface area contributed by atoms with Crippen LogP contribution in [0, 0.1) is 11.8 Å². The van der Waals surface area contributed by atoms with E-state index >= 15 is 0 Å². The van der Waals surface area contributed by atoms with Gasteiger partial charge in [0.2, 0.25) is 5.82 Å². The summed E-state index contributed by atoms with van der Waals surface area (Å²) in [6.45, 7) is 6.78. The van der Waals surface area contributed by atoms with Crippen molar-refractivity contribution in [3.63, 3.8) is 0 Å². The van der Waals surface area contributed by atoms with Crippen LogP contribution in [0.2, 0.25) is 0 Å². The number of piperidine rings is 2. The number of carbonyl (C=O) groups excluding carboxylic acids is 3. The molecule has 0 unspecified atom stereocenters. The van der Waals surface area contributed by atoms with Crippen molar-refractivity contribution in [3.8, 4) is 28.6 Å². The lowest BCUT2D eigenvalue weighted by molar-refractivity contribution is -0.192. The molecule has 1 amide bonds. The van der Waals surface area contributed by atoms with Crippen LogP contribution in [0.5, 0.6) is 11.5 Å². The Bertz CT molecular complexity index is 1900. The third-order valence-electron chi connectivity index (χ3n) is 9.69. The van der Waals surface area contributed by atoms with Crippen LogP contribution < -0.4 is 11.1 Å². The van der Waals surface area contributed by atoms with Gasteiger partial charge in [0, 0.05) is 24.8 Å². The van der Waals surface area contributed by atoms with E-state index in [0.29, 0.717) is 36.6 Å². The number of hydrogen-bond acceptors (Lipinski definition) is 12. The Hall–Kier alpha value is -5.28. The summed E-state index contributed by atoms with van der Waals surface area (Å²) >= 11 is 0. The number of rotatable bonds is 11. The summed E-state index contributed by atoms with van der Waals surface area (Å²) in [4.78, 5) is 50.0. The number of halogens is 6. The maximum absolute atomic E-state index is 12.9. The lowest BCUT2D eigenvalue weighted by atomic mass is 9.92. The highest BCUT2D eigenvalue weighted by Gasteiger charge is 2.38. The Morgan fingerprint density at radius 2 is 1.48 bits per heavy atom. The van der Waals surface area contributed by atoms with Gasteiger partial charge in [0.15, 0.2) is 5.82 Å². The number of hydrogen-bond donors (Lipinski definition) is 5. The van der Waals surface area contributed by atoms with Crippen molar-refractivity contribution in [2.45, 2.75) is 64.3 Å². The largest absolute Gasteiger partial charge is 0.508 e. The molecule has 0 bridgehead atoms. The number of aromatic nitrogens is 3. The molecule has 318 valence electrons. The summed E-state index contributed by atoms with van der Waals surface area (Å²) in [5.41, 5.74) is 7.28. The average molecular weight is 830 g/mol. The predicted octanol–water partition coefficient (Wildman–Crippen LogP) is 4.35. The zero-order valence-corrected chi connectivity index (χ0v) is 31.6. The topological polar surface area (TPSA) is 213 Å². The fourth-order valence-corrected chi connectivity index (χ4v) is 6.63. The summed E-state index contributed by atoms with van der Waals surface area (Å²) < 4.78 is 76.6. The van der Waals surface area contributed by atoms with Crippen molar-refractivity contribution >= 4 is 23.8 Å². The number of benzene rings is 2. The first kappa shape index (κ1) is 45.4. The first-order valence-corrected chi connectivity index (χ1v) is 18.3. The smallest absolute Gasteiger partial charge is 0.490 e. The third kappa shape index (κ3) is 12.6. The SMILES string of the molecule is CC(C)c1cc(-c2nnc(C(=O)NCC(F)(F)F)n2-c2ccc(CN3CCC(CN4CCC(C(=O)OC(=O)CN)CC4)CC3)cc2)c(O)cc1O.O=C(O)C(F)(F)F. The normalized spacial score (nSPS) is 16.1. The Kier molecular flexibility index (Phi) is 15.2. The number of nitrogens with two attached hydrogens (primary N) is 1. The third-order valence-corrected chi connectivity index (χ3v) is 9.69. The van der Waals surface area contributed by atoms with Gasteiger partial charge in [-0.15, -0.1) is 10.2 Å². The van der Waals surface area contributed by atoms with Gasteiger partial charge >= 0.3 is 30.3 Å². The van der Waals surface area contributed by atoms with E-state index in [0.717, 1.165) is 57.2 Å². The number of alkyl halides is 6. The van der Waals surface area contributed by atoms with Crippen molar-refractivity contribution in [3.05, 3.63) is 53.3 Å². The number of nitrogens with zero attached hydrogens (tertiary/aromatic N) is 5. The van der Waals surface area contributed by atoms with Crippen LogP contribution in [0.4, 0.5) is 26.3 Å². The number of esters is 2. The number of amides is 1. The molecule has 0 saturated carbocycles. The Balaban J connectivity index is 0.000000973. The molecular weight excluding hydrogens is 784 g/mol. The van der Waals surface area contributed by atoms with E-state index in [1.54, 1.807) is 12.1 Å². The molecule has 5 rings (SSSR count). The van der Waals surface area contributed by atoms with E-state index in [2.05, 4.69) is 20.0 Å². The molecule has 58 heavy (non-hydrogen) atoms. The Morgan fingerprint density at radius 1 is 0.897 bits per heavy atom. The lowest BCUT2D eigenvalue weighted by Crippen LogP contribution is -2.42. The summed E-state index contributed by atoms with van der Waals surface area (Å²) in [7, 11) is 0. The van der Waals surface area contributed by atoms with Gasteiger partial charge in [-0.1, -0.05) is 26.0 Å². The summed E-state index contributed by atoms with van der Waals surface area (Å²) in [6, 6.07) is 9.87. The van der Waals surface area contributed by atoms with Crippen LogP contribution >= 0.6 is 0 Å². The monoisotopic (exact) mass is 829 g/mol. The minimum atomic E-state index is -5.08. The molecule has 2 aliphatic heterocycles. The number of carboxylic acid groups (broad SMARTS) is 1. The van der Waals surface area contributed by atoms with Crippen LogP contribution in [0.15, 0.2) is 36.4 Å². The number of ether oxygens (including phenoxy) is 1. The van der Waals surface area contributed by atoms with Crippen molar-refractivity contribution in [1.29, 1.82) is 0 Å². The summed E-state index contributed by atoms with van der Waals surface area (Å²) in [5.74, 6) is -5.77. The molecule has 3 heterocycles. The second kappa shape index (κ2) is 19.4. The van der Waals surface area contributed by atoms with Crippen LogP contribution in [-0.4, -0.2) is 122 Å². The molecule has 0 aliphatic carbocycles. The van der Waals surface area contributed by atoms with Crippen LogP contribution in [0.1, 0.15) is 67.2 Å². The molecule has 1 aromatic heterocycles. The molecule has 0 atom stereocenters. The van der Waals surface area contributed by atoms with Gasteiger partial charge in [-0.25, -0.2) is 4.79 Å². The fourth-order valence-electron chi connectivity index (χ4n) is 6.63. The highest BCUT2D eigenvalue weighted by molar-refractivity contribution is 5.92. The molecule has 0 radical (unpaired) electrons. The van der Waals surface area contributed by atoms with Crippen molar-refractivity contribution in [1.82, 2.24) is 29.9 Å². The quantitative estimate of drug-likeness (QED) is 0.104. The number of nitrogens with one attached hydrogen (secondary N) is 1. The first-order valence-electron chi connectivity index (χ1n) is 18.3. The number of aromatic hydroxyl groups is 2. The zero-order chi connectivity index (χ0) is 42.9. The maximum atomic E-state index is 12.9. The van der Waals surface area contributed by atoms with E-state index in [9.17, 15) is 50.9 Å². The van der Waals surface area contributed by atoms with E-state index < -0.39 is 48.5 Å². The number of likely N-dealkylation sites (tertiary alicyclic amines) is 2. The van der Waals surface area contributed by atoms with Gasteiger partial charge in [0.25, 0.3) is 5.91 Å². The van der Waals surface area contributed by atoms with Gasteiger partial charge < -0.3 is 36.0 Å². The molecule has 15 nitrogen and oxygen atoms in total. The van der Waals surface area contributed by atoms with Gasteiger partial charge in [-0.3, -0.25) is 23.9 Å². The van der Waals surface area contributed by atoms with Gasteiger partial charge in [0.05, 0.1) is 18.0 Å². The van der Waals surface area contributed by atoms with Gasteiger partial charge in [0.1, 0.15) is 18.0 Å². The number of carbonyl (C=O) groups is 4. The maximum Gasteiger partial charge on any atom is 0.490 e. The van der Waals surface area contributed by atoms with E-state index in [-0.39, 0.29) is 41.3 Å². The molecule has 0 spiro atoms. The first-order chi connectivity index (χ1) is 27.2. The number of phenols is 2. The second-order valence-electron chi connectivity index (χ2n) is 14.3. The summed E-state index contributed by atoms with van der Waals surface area (Å²) in [6.07, 6.45) is -6.39. The Morgan fingerprint density at radius 3 is 2.02 bits per heavy atom. The fraction of sp³-hybridized carbons (Fsp3) is 0.514. The van der Waals surface area contributed by atoms with Crippen LogP contribution in [0.25, 0.3) is 17.1 Å². The van der Waals surface area contributed by atoms with E-state index in [4.69, 9.17) is 20.4 Å². The predicted molar refractivity (Wildman–Crippen MR) is 194 cm³/mol. The molecule has 2 aromatic carbocycles. The highest BCUT2D eigenvalue weighted by Crippen LogP contribution is 2.38. The minimum Gasteiger partial charge on any atom is -0.508 e. The number of phenolic OH excluding ortho intramolecular Hbond substituents is 2. The van der Waals surface area contributed by atoms with E-state index in [1.807, 2.05) is 31.3 Å². The number of aliphatic carboxylic acids is 1. The average Bonchev–Trinajstić information content (AvgIpc) is 3.59. The molecule has 2 saturated heterocycles.